The summed E-state index contributed by atoms with van der Waals surface area (Å²) >= 11 is 3.02. The van der Waals surface area contributed by atoms with Crippen LogP contribution in [0, 0.1) is 11.6 Å². The molecule has 0 bridgehead atoms. The van der Waals surface area contributed by atoms with Gasteiger partial charge in [0.25, 0.3) is 5.91 Å². The molecule has 3 aromatic rings. The highest BCUT2D eigenvalue weighted by Gasteiger charge is 2.13. The number of benzene rings is 2. The van der Waals surface area contributed by atoms with Gasteiger partial charge in [0.05, 0.1) is 16.8 Å². The van der Waals surface area contributed by atoms with Crippen molar-refractivity contribution in [2.75, 3.05) is 5.32 Å². The number of halogens is 2. The molecule has 7 heteroatoms. The standard InChI is InChI=1S/C17H12F2N2OS2/c18-14-6-5-11(7-15(14)19)21-17(22)13-3-1-2-4-16(13)24-9-12-8-23-10-20-12/h1-8,10H,9H2,(H,21,22). The third kappa shape index (κ3) is 3.98. The van der Waals surface area contributed by atoms with Crippen LogP contribution in [-0.2, 0) is 5.75 Å². The van der Waals surface area contributed by atoms with Crippen LogP contribution >= 0.6 is 23.1 Å². The van der Waals surface area contributed by atoms with Gasteiger partial charge in [0.1, 0.15) is 0 Å². The summed E-state index contributed by atoms with van der Waals surface area (Å²) in [5.74, 6) is -1.67. The first-order chi connectivity index (χ1) is 11.6. The van der Waals surface area contributed by atoms with E-state index in [2.05, 4.69) is 10.3 Å². The monoisotopic (exact) mass is 362 g/mol. The van der Waals surface area contributed by atoms with Crippen molar-refractivity contribution in [3.05, 3.63) is 76.2 Å². The maximum Gasteiger partial charge on any atom is 0.256 e. The minimum atomic E-state index is -1.00. The molecule has 1 aromatic heterocycles. The summed E-state index contributed by atoms with van der Waals surface area (Å²) in [6.45, 7) is 0. The number of anilines is 1. The zero-order chi connectivity index (χ0) is 16.9. The number of rotatable bonds is 5. The van der Waals surface area contributed by atoms with Crippen molar-refractivity contribution in [2.45, 2.75) is 10.6 Å². The van der Waals surface area contributed by atoms with E-state index in [1.165, 1.54) is 29.2 Å². The third-order valence-electron chi connectivity index (χ3n) is 3.17. The minimum Gasteiger partial charge on any atom is -0.322 e. The number of aromatic nitrogens is 1. The lowest BCUT2D eigenvalue weighted by Crippen LogP contribution is -2.13. The summed E-state index contributed by atoms with van der Waals surface area (Å²) < 4.78 is 26.2. The molecule has 3 rings (SSSR count). The lowest BCUT2D eigenvalue weighted by Gasteiger charge is -2.10. The first-order valence-electron chi connectivity index (χ1n) is 6.99. The van der Waals surface area contributed by atoms with Gasteiger partial charge >= 0.3 is 0 Å². The average Bonchev–Trinajstić information content (AvgIpc) is 3.10. The first kappa shape index (κ1) is 16.6. The maximum atomic E-state index is 13.3. The van der Waals surface area contributed by atoms with Crippen LogP contribution in [0.15, 0.2) is 58.3 Å². The van der Waals surface area contributed by atoms with Crippen LogP contribution in [0.4, 0.5) is 14.5 Å². The highest BCUT2D eigenvalue weighted by atomic mass is 32.2. The van der Waals surface area contributed by atoms with Gasteiger partial charge in [-0.2, -0.15) is 0 Å². The van der Waals surface area contributed by atoms with Crippen molar-refractivity contribution in [3.63, 3.8) is 0 Å². The Labute approximate surface area is 145 Å². The zero-order valence-corrected chi connectivity index (χ0v) is 14.0. The molecule has 0 saturated heterocycles. The Hall–Kier alpha value is -2.25. The molecule has 122 valence electrons. The molecule has 1 amide bonds. The van der Waals surface area contributed by atoms with Gasteiger partial charge in [-0.15, -0.1) is 23.1 Å². The highest BCUT2D eigenvalue weighted by molar-refractivity contribution is 7.98. The molecule has 0 radical (unpaired) electrons. The molecule has 0 spiro atoms. The molecule has 24 heavy (non-hydrogen) atoms. The molecule has 0 atom stereocenters. The van der Waals surface area contributed by atoms with E-state index in [1.54, 1.807) is 17.6 Å². The van der Waals surface area contributed by atoms with Gasteiger partial charge in [0, 0.05) is 27.8 Å². The van der Waals surface area contributed by atoms with Crippen LogP contribution in [0.25, 0.3) is 0 Å². The number of carbonyl (C=O) groups excluding carboxylic acids is 1. The smallest absolute Gasteiger partial charge is 0.256 e. The second kappa shape index (κ2) is 7.55. The van der Waals surface area contributed by atoms with Gasteiger partial charge in [-0.3, -0.25) is 4.79 Å². The van der Waals surface area contributed by atoms with Crippen molar-refractivity contribution >= 4 is 34.7 Å². The SMILES string of the molecule is O=C(Nc1ccc(F)c(F)c1)c1ccccc1SCc1cscn1. The maximum absolute atomic E-state index is 13.3. The fourth-order valence-corrected chi connectivity index (χ4v) is 3.63. The Morgan fingerprint density at radius 3 is 2.75 bits per heavy atom. The fourth-order valence-electron chi connectivity index (χ4n) is 2.01. The van der Waals surface area contributed by atoms with E-state index in [0.29, 0.717) is 11.3 Å². The van der Waals surface area contributed by atoms with Gasteiger partial charge in [-0.25, -0.2) is 13.8 Å². The van der Waals surface area contributed by atoms with Gasteiger partial charge in [-0.1, -0.05) is 12.1 Å². The average molecular weight is 362 g/mol. The van der Waals surface area contributed by atoms with E-state index >= 15 is 0 Å². The molecule has 0 aliphatic carbocycles. The predicted molar refractivity (Wildman–Crippen MR) is 92.4 cm³/mol. The number of thiazole rings is 1. The molecule has 0 aliphatic heterocycles. The van der Waals surface area contributed by atoms with Gasteiger partial charge in [-0.05, 0) is 24.3 Å². The first-order valence-corrected chi connectivity index (χ1v) is 8.91. The normalized spacial score (nSPS) is 10.6. The number of thioether (sulfide) groups is 1. The summed E-state index contributed by atoms with van der Waals surface area (Å²) in [7, 11) is 0. The Morgan fingerprint density at radius 1 is 1.17 bits per heavy atom. The Kier molecular flexibility index (Phi) is 5.22. The predicted octanol–water partition coefficient (Wildman–Crippen LogP) is 4.97. The minimum absolute atomic E-state index is 0.207. The zero-order valence-electron chi connectivity index (χ0n) is 12.3. The van der Waals surface area contributed by atoms with Gasteiger partial charge in [0.15, 0.2) is 11.6 Å². The van der Waals surface area contributed by atoms with E-state index < -0.39 is 11.6 Å². The van der Waals surface area contributed by atoms with Crippen LogP contribution in [0.2, 0.25) is 0 Å². The van der Waals surface area contributed by atoms with E-state index in [-0.39, 0.29) is 11.6 Å². The Balaban J connectivity index is 1.75. The van der Waals surface area contributed by atoms with Crippen molar-refractivity contribution in [1.29, 1.82) is 0 Å². The molecule has 1 heterocycles. The number of nitrogens with one attached hydrogen (secondary N) is 1. The molecule has 0 saturated carbocycles. The molecule has 0 unspecified atom stereocenters. The number of hydrogen-bond donors (Lipinski definition) is 1. The van der Waals surface area contributed by atoms with Crippen molar-refractivity contribution in [2.24, 2.45) is 0 Å². The fraction of sp³-hybridized carbons (Fsp3) is 0.0588. The second-order valence-corrected chi connectivity index (χ2v) is 6.58. The van der Waals surface area contributed by atoms with Crippen LogP contribution < -0.4 is 5.32 Å². The van der Waals surface area contributed by atoms with Crippen LogP contribution in [-0.4, -0.2) is 10.9 Å². The van der Waals surface area contributed by atoms with E-state index in [0.717, 1.165) is 22.7 Å². The molecule has 3 nitrogen and oxygen atoms in total. The van der Waals surface area contributed by atoms with E-state index in [9.17, 15) is 13.6 Å². The van der Waals surface area contributed by atoms with E-state index in [1.807, 2.05) is 17.5 Å². The Bertz CT molecular complexity index is 854. The van der Waals surface area contributed by atoms with Crippen LogP contribution in [0.3, 0.4) is 0 Å². The summed E-state index contributed by atoms with van der Waals surface area (Å²) in [4.78, 5) is 17.4. The third-order valence-corrected chi connectivity index (χ3v) is 4.91. The van der Waals surface area contributed by atoms with Crippen molar-refractivity contribution in [3.8, 4) is 0 Å². The summed E-state index contributed by atoms with van der Waals surface area (Å²) in [6, 6.07) is 10.4. The topological polar surface area (TPSA) is 42.0 Å². The lowest BCUT2D eigenvalue weighted by molar-refractivity contribution is 0.102. The lowest BCUT2D eigenvalue weighted by atomic mass is 10.2. The largest absolute Gasteiger partial charge is 0.322 e. The van der Waals surface area contributed by atoms with Crippen LogP contribution in [0.5, 0.6) is 0 Å². The molecule has 2 aromatic carbocycles. The second-order valence-electron chi connectivity index (χ2n) is 4.85. The summed E-state index contributed by atoms with van der Waals surface area (Å²) in [5, 5.41) is 4.54. The number of nitrogens with zero attached hydrogens (tertiary/aromatic N) is 1. The molecule has 0 fully saturated rings. The Morgan fingerprint density at radius 2 is 2.00 bits per heavy atom. The molecule has 1 N–H and O–H groups in total. The molecule has 0 aliphatic rings. The van der Waals surface area contributed by atoms with Crippen molar-refractivity contribution < 1.29 is 13.6 Å². The number of hydrogen-bond acceptors (Lipinski definition) is 4. The number of carbonyl (C=O) groups is 1. The van der Waals surface area contributed by atoms with Crippen molar-refractivity contribution in [1.82, 2.24) is 4.98 Å². The highest BCUT2D eigenvalue weighted by Crippen LogP contribution is 2.27. The summed E-state index contributed by atoms with van der Waals surface area (Å²) in [6.07, 6.45) is 0. The van der Waals surface area contributed by atoms with Crippen LogP contribution in [0.1, 0.15) is 16.1 Å². The quantitative estimate of drug-likeness (QED) is 0.652. The van der Waals surface area contributed by atoms with E-state index in [4.69, 9.17) is 0 Å². The molecular weight excluding hydrogens is 350 g/mol. The summed E-state index contributed by atoms with van der Waals surface area (Å²) in [5.41, 5.74) is 3.39. The molecular formula is C17H12F2N2OS2. The number of amides is 1. The van der Waals surface area contributed by atoms with Gasteiger partial charge in [0.2, 0.25) is 0 Å². The van der Waals surface area contributed by atoms with Gasteiger partial charge < -0.3 is 5.32 Å².